The maximum absolute atomic E-state index is 12.0. The van der Waals surface area contributed by atoms with E-state index in [0.717, 1.165) is 47.1 Å². The van der Waals surface area contributed by atoms with E-state index in [1.807, 2.05) is 25.1 Å². The van der Waals surface area contributed by atoms with Crippen LogP contribution in [0.2, 0.25) is 0 Å². The van der Waals surface area contributed by atoms with Crippen LogP contribution in [-0.4, -0.2) is 35.0 Å². The smallest absolute Gasteiger partial charge is 0.233 e. The van der Waals surface area contributed by atoms with Crippen molar-refractivity contribution >= 4 is 39.8 Å². The van der Waals surface area contributed by atoms with E-state index in [1.165, 1.54) is 23.1 Å². The van der Waals surface area contributed by atoms with Crippen molar-refractivity contribution in [2.75, 3.05) is 19.0 Å². The molecule has 2 N–H and O–H groups in total. The van der Waals surface area contributed by atoms with E-state index in [2.05, 4.69) is 20.8 Å². The van der Waals surface area contributed by atoms with E-state index in [0.29, 0.717) is 5.13 Å². The van der Waals surface area contributed by atoms with E-state index < -0.39 is 0 Å². The summed E-state index contributed by atoms with van der Waals surface area (Å²) in [7, 11) is 1.64. The number of aromatic nitrogens is 2. The molecule has 1 atom stereocenters. The highest BCUT2D eigenvalue weighted by atomic mass is 32.2. The number of benzene rings is 1. The Labute approximate surface area is 149 Å². The first kappa shape index (κ1) is 17.0. The Morgan fingerprint density at radius 2 is 2.25 bits per heavy atom. The second-order valence-electron chi connectivity index (χ2n) is 5.60. The fourth-order valence-corrected chi connectivity index (χ4v) is 4.56. The standard InChI is InChI=1S/C16H20N4O2S2/c1-10-6-7-12(22-2)11(9-10)18-15-19-20-16(24-15)23-13-5-3-4-8-17-14(13)21/h6-7,9,13H,3-5,8H2,1-2H3,(H,17,21)(H,18,19)/t13-/m1/s1. The average Bonchev–Trinajstić information content (AvgIpc) is 2.90. The van der Waals surface area contributed by atoms with Crippen molar-refractivity contribution in [1.82, 2.24) is 15.5 Å². The number of nitrogens with zero attached hydrogens (tertiary/aromatic N) is 2. The molecule has 6 nitrogen and oxygen atoms in total. The first-order chi connectivity index (χ1) is 11.7. The summed E-state index contributed by atoms with van der Waals surface area (Å²) in [5, 5.41) is 15.2. The van der Waals surface area contributed by atoms with E-state index >= 15 is 0 Å². The van der Waals surface area contributed by atoms with Gasteiger partial charge in [-0.15, -0.1) is 10.2 Å². The molecule has 1 aliphatic rings. The van der Waals surface area contributed by atoms with Crippen molar-refractivity contribution < 1.29 is 9.53 Å². The Bertz CT molecular complexity index is 720. The van der Waals surface area contributed by atoms with E-state index in [4.69, 9.17) is 4.74 Å². The fraction of sp³-hybridized carbons (Fsp3) is 0.438. The van der Waals surface area contributed by atoms with Gasteiger partial charge in [-0.1, -0.05) is 35.6 Å². The van der Waals surface area contributed by atoms with Crippen molar-refractivity contribution in [3.05, 3.63) is 23.8 Å². The van der Waals surface area contributed by atoms with Gasteiger partial charge >= 0.3 is 0 Å². The summed E-state index contributed by atoms with van der Waals surface area (Å²) >= 11 is 2.94. The highest BCUT2D eigenvalue weighted by Gasteiger charge is 2.23. The Morgan fingerprint density at radius 1 is 1.38 bits per heavy atom. The Hall–Kier alpha value is -1.80. The van der Waals surface area contributed by atoms with Gasteiger partial charge in [-0.3, -0.25) is 4.79 Å². The molecular formula is C16H20N4O2S2. The first-order valence-electron chi connectivity index (χ1n) is 7.85. The van der Waals surface area contributed by atoms with Gasteiger partial charge in [-0.05, 0) is 37.5 Å². The number of carbonyl (C=O) groups excluding carboxylic acids is 1. The molecule has 8 heteroatoms. The highest BCUT2D eigenvalue weighted by Crippen LogP contribution is 2.35. The first-order valence-corrected chi connectivity index (χ1v) is 9.55. The van der Waals surface area contributed by atoms with Crippen LogP contribution in [0.1, 0.15) is 24.8 Å². The molecular weight excluding hydrogens is 344 g/mol. The fourth-order valence-electron chi connectivity index (χ4n) is 2.49. The van der Waals surface area contributed by atoms with Crippen molar-refractivity contribution in [3.63, 3.8) is 0 Å². The molecule has 1 saturated heterocycles. The molecule has 2 aromatic rings. The number of hydrogen-bond donors (Lipinski definition) is 2. The minimum atomic E-state index is -0.0817. The molecule has 1 fully saturated rings. The number of hydrogen-bond acceptors (Lipinski definition) is 7. The van der Waals surface area contributed by atoms with Gasteiger partial charge in [0, 0.05) is 6.54 Å². The lowest BCUT2D eigenvalue weighted by Gasteiger charge is -2.10. The predicted octanol–water partition coefficient (Wildman–Crippen LogP) is 3.36. The Kier molecular flexibility index (Phi) is 5.57. The number of carbonyl (C=O) groups is 1. The third kappa shape index (κ3) is 4.18. The Morgan fingerprint density at radius 3 is 3.08 bits per heavy atom. The van der Waals surface area contributed by atoms with Crippen LogP contribution in [0.4, 0.5) is 10.8 Å². The van der Waals surface area contributed by atoms with Crippen LogP contribution in [0.5, 0.6) is 5.75 Å². The number of ether oxygens (including phenoxy) is 1. The largest absolute Gasteiger partial charge is 0.495 e. The van der Waals surface area contributed by atoms with Gasteiger partial charge in [0.25, 0.3) is 0 Å². The van der Waals surface area contributed by atoms with Crippen LogP contribution in [-0.2, 0) is 4.79 Å². The molecule has 1 amide bonds. The summed E-state index contributed by atoms with van der Waals surface area (Å²) in [6.45, 7) is 2.79. The molecule has 0 aliphatic carbocycles. The van der Waals surface area contributed by atoms with E-state index in [1.54, 1.807) is 7.11 Å². The summed E-state index contributed by atoms with van der Waals surface area (Å²) in [4.78, 5) is 12.0. The molecule has 0 radical (unpaired) electrons. The maximum atomic E-state index is 12.0. The molecule has 1 aliphatic heterocycles. The molecule has 24 heavy (non-hydrogen) atoms. The zero-order valence-corrected chi connectivity index (χ0v) is 15.3. The second kappa shape index (κ2) is 7.85. The molecule has 128 valence electrons. The van der Waals surface area contributed by atoms with Crippen molar-refractivity contribution in [3.8, 4) is 5.75 Å². The highest BCUT2D eigenvalue weighted by molar-refractivity contribution is 8.02. The third-order valence-corrected chi connectivity index (χ3v) is 5.92. The van der Waals surface area contributed by atoms with Gasteiger partial charge in [0.2, 0.25) is 11.0 Å². The molecule has 0 bridgehead atoms. The van der Waals surface area contributed by atoms with Gasteiger partial charge in [-0.25, -0.2) is 0 Å². The summed E-state index contributed by atoms with van der Waals surface area (Å²) in [5.74, 6) is 0.857. The van der Waals surface area contributed by atoms with E-state index in [-0.39, 0.29) is 11.2 Å². The van der Waals surface area contributed by atoms with Crippen molar-refractivity contribution in [2.24, 2.45) is 0 Å². The summed E-state index contributed by atoms with van der Waals surface area (Å²) in [5.41, 5.74) is 1.99. The lowest BCUT2D eigenvalue weighted by atomic mass is 10.2. The SMILES string of the molecule is COc1ccc(C)cc1Nc1nnc(S[C@@H]2CCCCNC2=O)s1. The molecule has 3 rings (SSSR count). The topological polar surface area (TPSA) is 76.1 Å². The number of anilines is 2. The molecule has 1 aromatic heterocycles. The lowest BCUT2D eigenvalue weighted by Crippen LogP contribution is -2.30. The monoisotopic (exact) mass is 364 g/mol. The number of rotatable bonds is 5. The van der Waals surface area contributed by atoms with Crippen LogP contribution >= 0.6 is 23.1 Å². The minimum Gasteiger partial charge on any atom is -0.495 e. The summed E-state index contributed by atoms with van der Waals surface area (Å²) in [6.07, 6.45) is 2.98. The van der Waals surface area contributed by atoms with E-state index in [9.17, 15) is 4.79 Å². The van der Waals surface area contributed by atoms with Gasteiger partial charge in [-0.2, -0.15) is 0 Å². The lowest BCUT2D eigenvalue weighted by molar-refractivity contribution is -0.120. The summed E-state index contributed by atoms with van der Waals surface area (Å²) < 4.78 is 6.16. The summed E-state index contributed by atoms with van der Waals surface area (Å²) in [6, 6.07) is 5.92. The van der Waals surface area contributed by atoms with Gasteiger partial charge in [0.05, 0.1) is 18.0 Å². The number of methoxy groups -OCH3 is 1. The predicted molar refractivity (Wildman–Crippen MR) is 97.4 cm³/mol. The van der Waals surface area contributed by atoms with Crippen LogP contribution in [0.15, 0.2) is 22.5 Å². The zero-order chi connectivity index (χ0) is 16.9. The molecule has 1 aromatic carbocycles. The maximum Gasteiger partial charge on any atom is 0.233 e. The number of amides is 1. The van der Waals surface area contributed by atoms with Crippen molar-refractivity contribution in [2.45, 2.75) is 35.8 Å². The second-order valence-corrected chi connectivity index (χ2v) is 8.02. The zero-order valence-electron chi connectivity index (χ0n) is 13.7. The van der Waals surface area contributed by atoms with Gasteiger partial charge in [0.15, 0.2) is 4.34 Å². The minimum absolute atomic E-state index is 0.0817. The Balaban J connectivity index is 1.69. The normalized spacial score (nSPS) is 17.9. The van der Waals surface area contributed by atoms with Crippen LogP contribution in [0.25, 0.3) is 0 Å². The van der Waals surface area contributed by atoms with Gasteiger partial charge in [0.1, 0.15) is 5.75 Å². The van der Waals surface area contributed by atoms with Crippen LogP contribution < -0.4 is 15.4 Å². The van der Waals surface area contributed by atoms with Crippen molar-refractivity contribution in [1.29, 1.82) is 0 Å². The third-order valence-electron chi connectivity index (χ3n) is 3.73. The average molecular weight is 364 g/mol. The quantitative estimate of drug-likeness (QED) is 0.847. The number of thioether (sulfide) groups is 1. The number of aryl methyl sites for hydroxylation is 1. The molecule has 2 heterocycles. The van der Waals surface area contributed by atoms with Crippen LogP contribution in [0, 0.1) is 6.92 Å². The van der Waals surface area contributed by atoms with Crippen LogP contribution in [0.3, 0.4) is 0 Å². The molecule has 0 saturated carbocycles. The molecule has 0 spiro atoms. The van der Waals surface area contributed by atoms with Gasteiger partial charge < -0.3 is 15.4 Å². The number of nitrogens with one attached hydrogen (secondary N) is 2. The molecule has 0 unspecified atom stereocenters.